The van der Waals surface area contributed by atoms with Gasteiger partial charge in [0.25, 0.3) is 0 Å². The first kappa shape index (κ1) is 12.6. The Bertz CT molecular complexity index is 409. The molecule has 0 atom stereocenters. The van der Waals surface area contributed by atoms with Crippen LogP contribution in [-0.2, 0) is 4.79 Å². The van der Waals surface area contributed by atoms with Crippen molar-refractivity contribution < 1.29 is 4.79 Å². The van der Waals surface area contributed by atoms with Gasteiger partial charge in [0.2, 0.25) is 5.91 Å². The molecule has 1 N–H and O–H groups in total. The average molecular weight is 252 g/mol. The maximum atomic E-state index is 12.6. The smallest absolute Gasteiger partial charge is 0.234 e. The summed E-state index contributed by atoms with van der Waals surface area (Å²) in [5.74, 6) is 0.267. The predicted octanol–water partition coefficient (Wildman–Crippen LogP) is 2.41. The van der Waals surface area contributed by atoms with Crippen molar-refractivity contribution in [1.82, 2.24) is 5.32 Å². The van der Waals surface area contributed by atoms with E-state index in [1.807, 2.05) is 24.4 Å². The molecule has 3 nitrogen and oxygen atoms in total. The molecule has 1 fully saturated rings. The second kappa shape index (κ2) is 4.78. The van der Waals surface area contributed by atoms with Crippen LogP contribution in [0.15, 0.2) is 11.4 Å². The van der Waals surface area contributed by atoms with E-state index in [2.05, 4.69) is 18.3 Å². The third-order valence-corrected chi connectivity index (χ3v) is 4.82. The van der Waals surface area contributed by atoms with Crippen molar-refractivity contribution in [3.8, 4) is 0 Å². The van der Waals surface area contributed by atoms with E-state index in [4.69, 9.17) is 0 Å². The molecule has 17 heavy (non-hydrogen) atoms. The standard InChI is InChI=1S/C13H20N2OS/c1-10-5-8-17-11(10)15(3)12(16)13(9-14-2)6-4-7-13/h5,8,14H,4,6-7,9H2,1-3H3. The number of nitrogens with one attached hydrogen (secondary N) is 1. The molecule has 0 bridgehead atoms. The van der Waals surface area contributed by atoms with Gasteiger partial charge in [-0.05, 0) is 43.8 Å². The van der Waals surface area contributed by atoms with Crippen molar-refractivity contribution in [2.75, 3.05) is 25.5 Å². The Kier molecular flexibility index (Phi) is 3.54. The van der Waals surface area contributed by atoms with Gasteiger partial charge in [0.05, 0.1) is 5.41 Å². The van der Waals surface area contributed by atoms with E-state index in [-0.39, 0.29) is 11.3 Å². The number of anilines is 1. The highest BCUT2D eigenvalue weighted by atomic mass is 32.1. The van der Waals surface area contributed by atoms with Crippen LogP contribution < -0.4 is 10.2 Å². The van der Waals surface area contributed by atoms with Crippen LogP contribution in [0, 0.1) is 12.3 Å². The van der Waals surface area contributed by atoms with E-state index in [0.29, 0.717) is 0 Å². The Balaban J connectivity index is 2.17. The van der Waals surface area contributed by atoms with E-state index in [9.17, 15) is 4.79 Å². The van der Waals surface area contributed by atoms with Gasteiger partial charge < -0.3 is 10.2 Å². The quantitative estimate of drug-likeness (QED) is 0.892. The van der Waals surface area contributed by atoms with Gasteiger partial charge in [0, 0.05) is 13.6 Å². The van der Waals surface area contributed by atoms with Gasteiger partial charge in [-0.15, -0.1) is 11.3 Å². The van der Waals surface area contributed by atoms with E-state index in [1.165, 1.54) is 12.0 Å². The molecule has 1 heterocycles. The highest BCUT2D eigenvalue weighted by molar-refractivity contribution is 7.14. The zero-order chi connectivity index (χ0) is 12.5. The van der Waals surface area contributed by atoms with Crippen molar-refractivity contribution in [2.24, 2.45) is 5.41 Å². The molecule has 0 aliphatic heterocycles. The van der Waals surface area contributed by atoms with Crippen LogP contribution >= 0.6 is 11.3 Å². The zero-order valence-electron chi connectivity index (χ0n) is 10.7. The summed E-state index contributed by atoms with van der Waals surface area (Å²) < 4.78 is 0. The van der Waals surface area contributed by atoms with Crippen molar-refractivity contribution in [3.05, 3.63) is 17.0 Å². The van der Waals surface area contributed by atoms with Crippen LogP contribution in [0.4, 0.5) is 5.00 Å². The molecule has 0 radical (unpaired) electrons. The Labute approximate surface area is 107 Å². The van der Waals surface area contributed by atoms with Gasteiger partial charge in [-0.2, -0.15) is 0 Å². The Morgan fingerprint density at radius 2 is 2.29 bits per heavy atom. The van der Waals surface area contributed by atoms with Crippen molar-refractivity contribution >= 4 is 22.2 Å². The predicted molar refractivity (Wildman–Crippen MR) is 72.7 cm³/mol. The molecule has 0 spiro atoms. The van der Waals surface area contributed by atoms with Crippen molar-refractivity contribution in [1.29, 1.82) is 0 Å². The maximum absolute atomic E-state index is 12.6. The summed E-state index contributed by atoms with van der Waals surface area (Å²) in [6.07, 6.45) is 3.20. The topological polar surface area (TPSA) is 32.3 Å². The Morgan fingerprint density at radius 3 is 2.71 bits per heavy atom. The molecule has 1 aliphatic rings. The van der Waals surface area contributed by atoms with Crippen LogP contribution in [0.25, 0.3) is 0 Å². The molecule has 0 unspecified atom stereocenters. The number of nitrogens with zero attached hydrogens (tertiary/aromatic N) is 1. The van der Waals surface area contributed by atoms with Crippen LogP contribution in [0.5, 0.6) is 0 Å². The number of aryl methyl sites for hydroxylation is 1. The summed E-state index contributed by atoms with van der Waals surface area (Å²) >= 11 is 1.64. The number of hydrogen-bond donors (Lipinski definition) is 1. The number of carbonyl (C=O) groups excluding carboxylic acids is 1. The summed E-state index contributed by atoms with van der Waals surface area (Å²) in [5, 5.41) is 6.28. The zero-order valence-corrected chi connectivity index (χ0v) is 11.6. The third kappa shape index (κ3) is 2.11. The van der Waals surface area contributed by atoms with Gasteiger partial charge in [-0.3, -0.25) is 4.79 Å². The van der Waals surface area contributed by atoms with E-state index in [0.717, 1.165) is 24.4 Å². The average Bonchev–Trinajstić information content (AvgIpc) is 2.68. The molecular formula is C13H20N2OS. The van der Waals surface area contributed by atoms with Crippen LogP contribution in [0.2, 0.25) is 0 Å². The fourth-order valence-corrected chi connectivity index (χ4v) is 3.46. The van der Waals surface area contributed by atoms with E-state index >= 15 is 0 Å². The maximum Gasteiger partial charge on any atom is 0.234 e. The molecule has 4 heteroatoms. The number of carbonyl (C=O) groups is 1. The SMILES string of the molecule is CNCC1(C(=O)N(C)c2sccc2C)CCC1. The molecule has 0 aromatic carbocycles. The van der Waals surface area contributed by atoms with Gasteiger partial charge in [-0.1, -0.05) is 6.42 Å². The first-order valence-corrected chi connectivity index (χ1v) is 6.95. The lowest BCUT2D eigenvalue weighted by Crippen LogP contribution is -2.51. The minimum atomic E-state index is -0.153. The normalized spacial score (nSPS) is 17.6. The monoisotopic (exact) mass is 252 g/mol. The second-order valence-corrected chi connectivity index (χ2v) is 5.83. The largest absolute Gasteiger partial charge is 0.319 e. The fraction of sp³-hybridized carbons (Fsp3) is 0.615. The summed E-state index contributed by atoms with van der Waals surface area (Å²) in [5.41, 5.74) is 1.03. The van der Waals surface area contributed by atoms with E-state index in [1.54, 1.807) is 11.3 Å². The lowest BCUT2D eigenvalue weighted by atomic mass is 9.67. The minimum absolute atomic E-state index is 0.153. The molecule has 1 saturated carbocycles. The van der Waals surface area contributed by atoms with Crippen LogP contribution in [-0.4, -0.2) is 26.5 Å². The van der Waals surface area contributed by atoms with Crippen molar-refractivity contribution in [3.63, 3.8) is 0 Å². The Hall–Kier alpha value is -0.870. The molecule has 1 amide bonds. The van der Waals surface area contributed by atoms with E-state index < -0.39 is 0 Å². The van der Waals surface area contributed by atoms with Gasteiger partial charge in [0.1, 0.15) is 5.00 Å². The second-order valence-electron chi connectivity index (χ2n) is 4.94. The first-order chi connectivity index (χ1) is 8.10. The number of thiophene rings is 1. The number of amides is 1. The summed E-state index contributed by atoms with van der Waals surface area (Å²) in [4.78, 5) is 14.4. The number of rotatable bonds is 4. The highest BCUT2D eigenvalue weighted by Crippen LogP contribution is 2.43. The minimum Gasteiger partial charge on any atom is -0.319 e. The summed E-state index contributed by atoms with van der Waals surface area (Å²) in [7, 11) is 3.82. The van der Waals surface area contributed by atoms with Crippen LogP contribution in [0.3, 0.4) is 0 Å². The van der Waals surface area contributed by atoms with Crippen LogP contribution in [0.1, 0.15) is 24.8 Å². The number of hydrogen-bond acceptors (Lipinski definition) is 3. The highest BCUT2D eigenvalue weighted by Gasteiger charge is 2.45. The van der Waals surface area contributed by atoms with Gasteiger partial charge >= 0.3 is 0 Å². The molecular weight excluding hydrogens is 232 g/mol. The lowest BCUT2D eigenvalue weighted by molar-refractivity contribution is -0.132. The summed E-state index contributed by atoms with van der Waals surface area (Å²) in [6, 6.07) is 2.06. The molecule has 1 aromatic rings. The Morgan fingerprint density at radius 1 is 1.59 bits per heavy atom. The molecule has 2 rings (SSSR count). The molecule has 1 aromatic heterocycles. The van der Waals surface area contributed by atoms with Crippen molar-refractivity contribution in [2.45, 2.75) is 26.2 Å². The van der Waals surface area contributed by atoms with Gasteiger partial charge in [-0.25, -0.2) is 0 Å². The lowest BCUT2D eigenvalue weighted by Gasteiger charge is -2.42. The first-order valence-electron chi connectivity index (χ1n) is 6.07. The molecule has 94 valence electrons. The fourth-order valence-electron chi connectivity index (χ4n) is 2.56. The van der Waals surface area contributed by atoms with Gasteiger partial charge in [0.15, 0.2) is 0 Å². The summed E-state index contributed by atoms with van der Waals surface area (Å²) in [6.45, 7) is 2.85. The third-order valence-electron chi connectivity index (χ3n) is 3.72. The molecule has 0 saturated heterocycles. The molecule has 1 aliphatic carbocycles.